The van der Waals surface area contributed by atoms with Crippen molar-refractivity contribution in [1.82, 2.24) is 0 Å². The topological polar surface area (TPSA) is 106 Å². The molecule has 2 aromatic rings. The smallest absolute Gasteiger partial charge is 0.209 e. The van der Waals surface area contributed by atoms with Crippen molar-refractivity contribution in [2.24, 2.45) is 0 Å². The van der Waals surface area contributed by atoms with Gasteiger partial charge in [0.05, 0.1) is 11.5 Å². The second-order valence-corrected chi connectivity index (χ2v) is 8.03. The maximum atomic E-state index is 11.2. The molecule has 2 aromatic carbocycles. The molecule has 0 aliphatic carbocycles. The maximum absolute atomic E-state index is 11.2. The zero-order valence-electron chi connectivity index (χ0n) is 17.7. The number of anilines is 2. The first-order chi connectivity index (χ1) is 13.8. The van der Waals surface area contributed by atoms with Crippen LogP contribution in [-0.4, -0.2) is 34.2 Å². The number of benzene rings is 2. The van der Waals surface area contributed by atoms with Crippen molar-refractivity contribution < 1.29 is 13.5 Å². The van der Waals surface area contributed by atoms with Gasteiger partial charge in [-0.1, -0.05) is 48.6 Å². The molecular formula is C20H30BIN2O3S. The lowest BCUT2D eigenvalue weighted by Gasteiger charge is -2.05. The van der Waals surface area contributed by atoms with Crippen molar-refractivity contribution in [2.45, 2.75) is 38.2 Å². The fraction of sp³-hybridized carbons (Fsp3) is 0.400. The molecule has 2 radical (unpaired) electrons. The molecule has 1 heterocycles. The van der Waals surface area contributed by atoms with Crippen LogP contribution in [0.2, 0.25) is 0 Å². The Balaban J connectivity index is 0.000000429. The Labute approximate surface area is 185 Å². The SMILES string of the molecule is CCc1ccc(N)cc1CC.CI.Nc1ccc2c(c1)CS(=O)(=O)C2.[2H]OC[B]. The quantitative estimate of drug-likeness (QED) is 0.251. The molecule has 5 nitrogen and oxygen atoms in total. The number of sulfone groups is 1. The number of aryl methyl sites for hydroxylation is 2. The minimum absolute atomic E-state index is 0.0139. The Morgan fingerprint density at radius 2 is 1.50 bits per heavy atom. The Bertz CT molecular complexity index is 850. The summed E-state index contributed by atoms with van der Waals surface area (Å²) in [6.45, 7) is 4.32. The zero-order chi connectivity index (χ0) is 22.4. The number of hydrogen-bond acceptors (Lipinski definition) is 5. The Morgan fingerprint density at radius 1 is 1.00 bits per heavy atom. The summed E-state index contributed by atoms with van der Waals surface area (Å²) in [6.07, 6.45) is 2.18. The maximum Gasteiger partial charge on any atom is 0.209 e. The van der Waals surface area contributed by atoms with Crippen molar-refractivity contribution in [3.05, 3.63) is 58.7 Å². The van der Waals surface area contributed by atoms with Gasteiger partial charge in [-0.25, -0.2) is 8.42 Å². The van der Waals surface area contributed by atoms with Crippen molar-refractivity contribution in [2.75, 3.05) is 22.9 Å². The third-order valence-electron chi connectivity index (χ3n) is 3.97. The van der Waals surface area contributed by atoms with Crippen LogP contribution in [0.25, 0.3) is 0 Å². The zero-order valence-corrected chi connectivity index (χ0v) is 19.7. The summed E-state index contributed by atoms with van der Waals surface area (Å²) in [5.41, 5.74) is 17.2. The summed E-state index contributed by atoms with van der Waals surface area (Å²) in [6, 6.07) is 11.4. The van der Waals surface area contributed by atoms with Gasteiger partial charge < -0.3 is 16.6 Å². The van der Waals surface area contributed by atoms with Crippen molar-refractivity contribution >= 4 is 51.6 Å². The second-order valence-electron chi connectivity index (χ2n) is 5.96. The van der Waals surface area contributed by atoms with E-state index in [4.69, 9.17) is 12.9 Å². The monoisotopic (exact) mass is 517 g/mol. The van der Waals surface area contributed by atoms with Crippen LogP contribution in [0.4, 0.5) is 11.4 Å². The highest BCUT2D eigenvalue weighted by Gasteiger charge is 2.23. The summed E-state index contributed by atoms with van der Waals surface area (Å²) in [5, 5.41) is 3.57. The molecule has 154 valence electrons. The van der Waals surface area contributed by atoms with E-state index in [9.17, 15) is 8.42 Å². The minimum atomic E-state index is -2.88. The van der Waals surface area contributed by atoms with Crippen LogP contribution < -0.4 is 11.5 Å². The molecule has 0 fully saturated rings. The van der Waals surface area contributed by atoms with Gasteiger partial charge in [-0.05, 0) is 64.3 Å². The molecule has 0 spiro atoms. The fourth-order valence-electron chi connectivity index (χ4n) is 2.77. The third kappa shape index (κ3) is 9.29. The van der Waals surface area contributed by atoms with Crippen LogP contribution in [-0.2, 0) is 34.2 Å². The summed E-state index contributed by atoms with van der Waals surface area (Å²) < 4.78 is 28.1. The number of aliphatic hydroxyl groups is 1. The normalized spacial score (nSPS) is 13.4. The molecule has 28 heavy (non-hydrogen) atoms. The molecule has 5 N–H and O–H groups in total. The van der Waals surface area contributed by atoms with E-state index in [2.05, 4.69) is 61.5 Å². The van der Waals surface area contributed by atoms with Gasteiger partial charge in [0.15, 0.2) is 9.84 Å². The number of rotatable bonds is 3. The first-order valence-corrected chi connectivity index (χ1v) is 12.8. The van der Waals surface area contributed by atoms with Crippen LogP contribution in [0.15, 0.2) is 36.4 Å². The van der Waals surface area contributed by atoms with Gasteiger partial charge in [0.1, 0.15) is 7.85 Å². The molecule has 0 saturated heterocycles. The number of alkyl halides is 1. The minimum Gasteiger partial charge on any atom is -0.406 e. The van der Waals surface area contributed by atoms with Crippen LogP contribution >= 0.6 is 22.6 Å². The van der Waals surface area contributed by atoms with Crippen LogP contribution in [0.5, 0.6) is 0 Å². The number of fused-ring (bicyclic) bond motifs is 1. The summed E-state index contributed by atoms with van der Waals surface area (Å²) in [7, 11) is 1.74. The highest BCUT2D eigenvalue weighted by atomic mass is 127. The summed E-state index contributed by atoms with van der Waals surface area (Å²) in [5.74, 6) is 0.315. The van der Waals surface area contributed by atoms with Gasteiger partial charge >= 0.3 is 0 Å². The highest BCUT2D eigenvalue weighted by molar-refractivity contribution is 14.1. The van der Waals surface area contributed by atoms with Gasteiger partial charge in [-0.15, -0.1) is 0 Å². The van der Waals surface area contributed by atoms with Crippen molar-refractivity contribution in [3.8, 4) is 0 Å². The number of nitrogen functional groups attached to an aromatic ring is 2. The van der Waals surface area contributed by atoms with E-state index in [1.54, 1.807) is 18.2 Å². The van der Waals surface area contributed by atoms with Gasteiger partial charge in [0, 0.05) is 17.9 Å². The molecule has 0 aromatic heterocycles. The van der Waals surface area contributed by atoms with Crippen molar-refractivity contribution in [1.29, 1.82) is 1.43 Å². The Kier molecular flexibility index (Phi) is 12.3. The Hall–Kier alpha value is -1.26. The van der Waals surface area contributed by atoms with E-state index in [1.165, 1.54) is 11.1 Å². The third-order valence-corrected chi connectivity index (χ3v) is 5.47. The second kappa shape index (κ2) is 13.8. The summed E-state index contributed by atoms with van der Waals surface area (Å²) in [4.78, 5) is 1.97. The first kappa shape index (κ1) is 24.8. The van der Waals surface area contributed by atoms with Crippen LogP contribution in [0.3, 0.4) is 0 Å². The molecule has 3 rings (SSSR count). The van der Waals surface area contributed by atoms with Gasteiger partial charge in [0.25, 0.3) is 0 Å². The number of nitrogens with two attached hydrogens (primary N) is 2. The predicted octanol–water partition coefficient (Wildman–Crippen LogP) is 3.25. The lowest BCUT2D eigenvalue weighted by molar-refractivity contribution is 0.369. The molecule has 0 unspecified atom stereocenters. The average molecular weight is 517 g/mol. The lowest BCUT2D eigenvalue weighted by Crippen LogP contribution is -1.95. The molecule has 0 amide bonds. The Morgan fingerprint density at radius 3 is 2.04 bits per heavy atom. The molecule has 0 saturated carbocycles. The van der Waals surface area contributed by atoms with Gasteiger partial charge in [0.2, 0.25) is 1.43 Å². The van der Waals surface area contributed by atoms with E-state index in [0.29, 0.717) is 5.69 Å². The molecule has 1 aliphatic heterocycles. The van der Waals surface area contributed by atoms with E-state index < -0.39 is 9.84 Å². The lowest BCUT2D eigenvalue weighted by atomic mass is 10.0. The molecular weight excluding hydrogens is 486 g/mol. The van der Waals surface area contributed by atoms with Gasteiger partial charge in [-0.2, -0.15) is 0 Å². The van der Waals surface area contributed by atoms with Crippen LogP contribution in [0, 0.1) is 0 Å². The molecule has 0 bridgehead atoms. The van der Waals surface area contributed by atoms with E-state index >= 15 is 0 Å². The summed E-state index contributed by atoms with van der Waals surface area (Å²) >= 11 is 2.15. The standard InChI is InChI=1S/C10H15N.C8H9NO2S.CH3BO.CH3I/c1-3-8-5-6-10(11)7-9(8)4-2;9-8-2-1-6-4-12(10,11)5-7(6)3-8;2-1-3;1-2/h5-7H,3-4,11H2,1-2H3;1-3H,4-5,9H2;3H,1H2;1H3/i;;3D;. The van der Waals surface area contributed by atoms with Crippen molar-refractivity contribution in [3.63, 3.8) is 0 Å². The average Bonchev–Trinajstić information content (AvgIpc) is 3.03. The van der Waals surface area contributed by atoms with E-state index in [0.717, 1.165) is 29.7 Å². The van der Waals surface area contributed by atoms with Gasteiger partial charge in [-0.3, -0.25) is 0 Å². The number of aliphatic hydroxyl groups excluding tert-OH is 1. The highest BCUT2D eigenvalue weighted by Crippen LogP contribution is 2.26. The van der Waals surface area contributed by atoms with E-state index in [1.807, 2.05) is 11.0 Å². The predicted molar refractivity (Wildman–Crippen MR) is 130 cm³/mol. The first-order valence-electron chi connectivity index (χ1n) is 9.28. The fourth-order valence-corrected chi connectivity index (χ4v) is 4.37. The largest absolute Gasteiger partial charge is 0.406 e. The molecule has 1 aliphatic rings. The molecule has 0 atom stereocenters. The number of halogens is 1. The van der Waals surface area contributed by atoms with Crippen LogP contribution in [0.1, 0.15) is 36.1 Å². The van der Waals surface area contributed by atoms with E-state index in [-0.39, 0.29) is 18.0 Å². The molecule has 8 heteroatoms. The number of hydrogen-bond donors (Lipinski definition) is 3.